The van der Waals surface area contributed by atoms with E-state index in [2.05, 4.69) is 25.4 Å². The summed E-state index contributed by atoms with van der Waals surface area (Å²) < 4.78 is 1.73. The van der Waals surface area contributed by atoms with Crippen molar-refractivity contribution in [2.45, 2.75) is 19.8 Å². The summed E-state index contributed by atoms with van der Waals surface area (Å²) in [5.41, 5.74) is 7.41. The summed E-state index contributed by atoms with van der Waals surface area (Å²) in [6.45, 7) is 2.79. The molecule has 0 amide bonds. The second kappa shape index (κ2) is 5.20. The number of imidazole rings is 1. The second-order valence-corrected chi connectivity index (χ2v) is 4.69. The highest BCUT2D eigenvalue weighted by atomic mass is 15.3. The van der Waals surface area contributed by atoms with E-state index in [4.69, 9.17) is 5.73 Å². The minimum Gasteiger partial charge on any atom is -0.382 e. The molecule has 104 valence electrons. The van der Waals surface area contributed by atoms with E-state index >= 15 is 0 Å². The molecule has 20 heavy (non-hydrogen) atoms. The van der Waals surface area contributed by atoms with Crippen molar-refractivity contribution in [2.75, 3.05) is 17.6 Å². The average Bonchev–Trinajstić information content (AvgIpc) is 3.02. The summed E-state index contributed by atoms with van der Waals surface area (Å²) in [4.78, 5) is 11.7. The Morgan fingerprint density at radius 3 is 3.10 bits per heavy atom. The standard InChI is InChI=1S/C13H17N7/c1-9-7-12(20-13(18-9)8-10(14)19-20)17-4-2-3-11-15-5-6-16-11/h5-8,17H,2-4H2,1H3,(H2,14,19)(H,15,16). The third kappa shape index (κ3) is 2.56. The largest absolute Gasteiger partial charge is 0.382 e. The van der Waals surface area contributed by atoms with Crippen LogP contribution in [0.3, 0.4) is 0 Å². The van der Waals surface area contributed by atoms with Crippen molar-refractivity contribution in [1.29, 1.82) is 0 Å². The van der Waals surface area contributed by atoms with Crippen molar-refractivity contribution in [2.24, 2.45) is 0 Å². The predicted molar refractivity (Wildman–Crippen MR) is 77.5 cm³/mol. The summed E-state index contributed by atoms with van der Waals surface area (Å²) in [6.07, 6.45) is 5.50. The van der Waals surface area contributed by atoms with Crippen LogP contribution in [0.5, 0.6) is 0 Å². The summed E-state index contributed by atoms with van der Waals surface area (Å²) in [5.74, 6) is 2.39. The second-order valence-electron chi connectivity index (χ2n) is 4.69. The van der Waals surface area contributed by atoms with Crippen molar-refractivity contribution in [3.05, 3.63) is 36.0 Å². The third-order valence-electron chi connectivity index (χ3n) is 3.03. The lowest BCUT2D eigenvalue weighted by Gasteiger charge is -2.08. The van der Waals surface area contributed by atoms with Gasteiger partial charge >= 0.3 is 0 Å². The van der Waals surface area contributed by atoms with Gasteiger partial charge in [-0.25, -0.2) is 9.97 Å². The fourth-order valence-electron chi connectivity index (χ4n) is 2.15. The van der Waals surface area contributed by atoms with Gasteiger partial charge in [-0.3, -0.25) is 0 Å². The molecule has 3 rings (SSSR count). The lowest BCUT2D eigenvalue weighted by molar-refractivity contribution is 0.806. The molecule has 0 aromatic carbocycles. The molecule has 0 atom stereocenters. The maximum Gasteiger partial charge on any atom is 0.159 e. The highest BCUT2D eigenvalue weighted by Crippen LogP contribution is 2.14. The molecule has 0 aliphatic heterocycles. The summed E-state index contributed by atoms with van der Waals surface area (Å²) in [5, 5.41) is 7.60. The fourth-order valence-corrected chi connectivity index (χ4v) is 2.15. The Bertz CT molecular complexity index is 699. The molecule has 7 heteroatoms. The van der Waals surface area contributed by atoms with Crippen LogP contribution in [0.2, 0.25) is 0 Å². The highest BCUT2D eigenvalue weighted by molar-refractivity contribution is 5.54. The third-order valence-corrected chi connectivity index (χ3v) is 3.03. The van der Waals surface area contributed by atoms with E-state index in [0.717, 1.165) is 42.4 Å². The topological polar surface area (TPSA) is 96.9 Å². The molecule has 0 aliphatic rings. The lowest BCUT2D eigenvalue weighted by atomic mass is 10.3. The molecule has 0 saturated carbocycles. The number of anilines is 2. The van der Waals surface area contributed by atoms with E-state index in [9.17, 15) is 0 Å². The van der Waals surface area contributed by atoms with Crippen LogP contribution >= 0.6 is 0 Å². The minimum absolute atomic E-state index is 0.474. The quantitative estimate of drug-likeness (QED) is 0.609. The molecule has 0 unspecified atom stereocenters. The first-order chi connectivity index (χ1) is 9.72. The van der Waals surface area contributed by atoms with Gasteiger partial charge < -0.3 is 16.0 Å². The van der Waals surface area contributed by atoms with Gasteiger partial charge in [0.2, 0.25) is 0 Å². The molecular weight excluding hydrogens is 254 g/mol. The van der Waals surface area contributed by atoms with Crippen LogP contribution in [0, 0.1) is 6.92 Å². The van der Waals surface area contributed by atoms with Crippen molar-refractivity contribution in [3.63, 3.8) is 0 Å². The molecule has 7 nitrogen and oxygen atoms in total. The van der Waals surface area contributed by atoms with Crippen molar-refractivity contribution in [1.82, 2.24) is 24.6 Å². The van der Waals surface area contributed by atoms with Gasteiger partial charge in [-0.15, -0.1) is 5.10 Å². The van der Waals surface area contributed by atoms with E-state index in [1.54, 1.807) is 16.8 Å². The van der Waals surface area contributed by atoms with Crippen molar-refractivity contribution < 1.29 is 0 Å². The van der Waals surface area contributed by atoms with Gasteiger partial charge in [0.05, 0.1) is 0 Å². The molecule has 3 aromatic heterocycles. The molecule has 0 fully saturated rings. The first kappa shape index (κ1) is 12.5. The van der Waals surface area contributed by atoms with Gasteiger partial charge in [-0.1, -0.05) is 0 Å². The number of H-pyrrole nitrogens is 1. The zero-order valence-electron chi connectivity index (χ0n) is 11.3. The first-order valence-electron chi connectivity index (χ1n) is 6.57. The molecular formula is C13H17N7. The lowest BCUT2D eigenvalue weighted by Crippen LogP contribution is -2.09. The predicted octanol–water partition coefficient (Wildman–Crippen LogP) is 1.39. The minimum atomic E-state index is 0.474. The highest BCUT2D eigenvalue weighted by Gasteiger charge is 2.06. The number of aryl methyl sites for hydroxylation is 2. The Morgan fingerprint density at radius 1 is 1.40 bits per heavy atom. The number of aromatic nitrogens is 5. The number of hydrogen-bond acceptors (Lipinski definition) is 5. The average molecular weight is 271 g/mol. The Balaban J connectivity index is 1.67. The van der Waals surface area contributed by atoms with E-state index in [1.807, 2.05) is 19.2 Å². The van der Waals surface area contributed by atoms with Gasteiger partial charge in [-0.05, 0) is 13.3 Å². The SMILES string of the molecule is Cc1cc(NCCCc2ncc[nH]2)n2nc(N)cc2n1. The van der Waals surface area contributed by atoms with Crippen LogP contribution < -0.4 is 11.1 Å². The maximum atomic E-state index is 5.72. The van der Waals surface area contributed by atoms with Crippen LogP contribution in [-0.4, -0.2) is 31.1 Å². The fraction of sp³-hybridized carbons (Fsp3) is 0.308. The molecule has 3 heterocycles. The van der Waals surface area contributed by atoms with Crippen molar-refractivity contribution >= 4 is 17.3 Å². The molecule has 0 aliphatic carbocycles. The van der Waals surface area contributed by atoms with E-state index < -0.39 is 0 Å². The molecule has 0 bridgehead atoms. The summed E-state index contributed by atoms with van der Waals surface area (Å²) >= 11 is 0. The van der Waals surface area contributed by atoms with E-state index in [-0.39, 0.29) is 0 Å². The van der Waals surface area contributed by atoms with E-state index in [1.165, 1.54) is 0 Å². The summed E-state index contributed by atoms with van der Waals surface area (Å²) in [7, 11) is 0. The van der Waals surface area contributed by atoms with Crippen LogP contribution in [0.15, 0.2) is 24.5 Å². The zero-order valence-corrected chi connectivity index (χ0v) is 11.3. The number of aromatic amines is 1. The maximum absolute atomic E-state index is 5.72. The Morgan fingerprint density at radius 2 is 2.30 bits per heavy atom. The van der Waals surface area contributed by atoms with Crippen LogP contribution in [0.4, 0.5) is 11.6 Å². The number of rotatable bonds is 5. The normalized spacial score (nSPS) is 11.1. The number of hydrogen-bond donors (Lipinski definition) is 3. The van der Waals surface area contributed by atoms with Gasteiger partial charge in [0.15, 0.2) is 5.65 Å². The van der Waals surface area contributed by atoms with Gasteiger partial charge in [-0.2, -0.15) is 4.52 Å². The summed E-state index contributed by atoms with van der Waals surface area (Å²) in [6, 6.07) is 3.73. The molecule has 0 spiro atoms. The van der Waals surface area contributed by atoms with Crippen molar-refractivity contribution in [3.8, 4) is 0 Å². The van der Waals surface area contributed by atoms with Gasteiger partial charge in [0.25, 0.3) is 0 Å². The van der Waals surface area contributed by atoms with Crippen LogP contribution in [0.25, 0.3) is 5.65 Å². The molecule has 3 aromatic rings. The van der Waals surface area contributed by atoms with E-state index in [0.29, 0.717) is 5.82 Å². The molecule has 4 N–H and O–H groups in total. The number of nitrogens with one attached hydrogen (secondary N) is 2. The van der Waals surface area contributed by atoms with Crippen LogP contribution in [-0.2, 0) is 6.42 Å². The smallest absolute Gasteiger partial charge is 0.159 e. The number of fused-ring (bicyclic) bond motifs is 1. The van der Waals surface area contributed by atoms with Gasteiger partial charge in [0, 0.05) is 43.2 Å². The number of nitrogens with zero attached hydrogens (tertiary/aromatic N) is 4. The molecule has 0 saturated heterocycles. The monoisotopic (exact) mass is 271 g/mol. The number of nitrogens with two attached hydrogens (primary N) is 1. The number of nitrogen functional groups attached to an aromatic ring is 1. The van der Waals surface area contributed by atoms with Gasteiger partial charge in [0.1, 0.15) is 17.5 Å². The first-order valence-corrected chi connectivity index (χ1v) is 6.57. The Labute approximate surface area is 116 Å². The Kier molecular flexibility index (Phi) is 3.24. The Hall–Kier alpha value is -2.57. The zero-order chi connectivity index (χ0) is 13.9. The van der Waals surface area contributed by atoms with Crippen LogP contribution in [0.1, 0.15) is 17.9 Å². The molecule has 0 radical (unpaired) electrons.